The van der Waals surface area contributed by atoms with Gasteiger partial charge in [0.2, 0.25) is 0 Å². The van der Waals surface area contributed by atoms with Gasteiger partial charge in [0.25, 0.3) is 0 Å². The molecule has 0 aromatic carbocycles. The molecule has 0 amide bonds. The molecule has 1 N–H and O–H groups in total. The van der Waals surface area contributed by atoms with E-state index in [4.69, 9.17) is 4.52 Å². The minimum atomic E-state index is 0.408. The van der Waals surface area contributed by atoms with Gasteiger partial charge >= 0.3 is 0 Å². The summed E-state index contributed by atoms with van der Waals surface area (Å²) in [7, 11) is 0. The number of hydrogen-bond donors (Lipinski definition) is 1. The Morgan fingerprint density at radius 3 is 2.94 bits per heavy atom. The van der Waals surface area contributed by atoms with Gasteiger partial charge < -0.3 is 9.84 Å². The number of allylic oxidation sites excluding steroid dienone is 1. The van der Waals surface area contributed by atoms with Gasteiger partial charge in [0.05, 0.1) is 5.69 Å². The van der Waals surface area contributed by atoms with Crippen LogP contribution in [-0.2, 0) is 0 Å². The number of aromatic nitrogens is 1. The van der Waals surface area contributed by atoms with Crippen LogP contribution in [0.4, 0.5) is 0 Å². The maximum Gasteiger partial charge on any atom is 0.141 e. The summed E-state index contributed by atoms with van der Waals surface area (Å²) in [6, 6.07) is 0. The Morgan fingerprint density at radius 1 is 1.50 bits per heavy atom. The molecule has 1 saturated heterocycles. The summed E-state index contributed by atoms with van der Waals surface area (Å²) in [5.41, 5.74) is 4.12. The normalized spacial score (nSPS) is 32.9. The SMILES string of the molecule is Cc1noc(C)c1C1=CC2CNCC2(C)C1. The predicted octanol–water partition coefficient (Wildman–Crippen LogP) is 2.30. The van der Waals surface area contributed by atoms with E-state index >= 15 is 0 Å². The average Bonchev–Trinajstić information content (AvgIpc) is 2.79. The molecule has 1 aliphatic heterocycles. The van der Waals surface area contributed by atoms with Crippen LogP contribution in [0.25, 0.3) is 5.57 Å². The van der Waals surface area contributed by atoms with Crippen LogP contribution in [0.5, 0.6) is 0 Å². The number of hydrogen-bond acceptors (Lipinski definition) is 3. The topological polar surface area (TPSA) is 38.1 Å². The largest absolute Gasteiger partial charge is 0.361 e. The van der Waals surface area contributed by atoms with E-state index in [1.54, 1.807) is 0 Å². The van der Waals surface area contributed by atoms with Gasteiger partial charge in [-0.3, -0.25) is 0 Å². The van der Waals surface area contributed by atoms with Gasteiger partial charge in [-0.1, -0.05) is 18.2 Å². The van der Waals surface area contributed by atoms with Gasteiger partial charge in [-0.2, -0.15) is 0 Å². The third-order valence-electron chi connectivity index (χ3n) is 4.14. The van der Waals surface area contributed by atoms with E-state index in [1.807, 2.05) is 13.8 Å². The van der Waals surface area contributed by atoms with E-state index in [0.717, 1.165) is 31.0 Å². The first-order valence-electron chi connectivity index (χ1n) is 5.95. The second-order valence-corrected chi connectivity index (χ2v) is 5.46. The third kappa shape index (κ3) is 1.27. The quantitative estimate of drug-likeness (QED) is 0.786. The van der Waals surface area contributed by atoms with Gasteiger partial charge in [0.15, 0.2) is 0 Å². The molecular formula is C13H18N2O. The smallest absolute Gasteiger partial charge is 0.141 e. The fourth-order valence-electron chi connectivity index (χ4n) is 3.19. The number of aryl methyl sites for hydroxylation is 2. The van der Waals surface area contributed by atoms with Crippen molar-refractivity contribution in [2.45, 2.75) is 27.2 Å². The number of fused-ring (bicyclic) bond motifs is 1. The van der Waals surface area contributed by atoms with Crippen LogP contribution < -0.4 is 5.32 Å². The molecule has 0 spiro atoms. The molecule has 0 bridgehead atoms. The zero-order chi connectivity index (χ0) is 11.3. The fourth-order valence-corrected chi connectivity index (χ4v) is 3.19. The molecule has 2 heterocycles. The summed E-state index contributed by atoms with van der Waals surface area (Å²) in [4.78, 5) is 0. The molecule has 0 radical (unpaired) electrons. The first-order chi connectivity index (χ1) is 7.60. The molecule has 86 valence electrons. The van der Waals surface area contributed by atoms with Crippen LogP contribution in [0.2, 0.25) is 0 Å². The molecule has 16 heavy (non-hydrogen) atoms. The fraction of sp³-hybridized carbons (Fsp3) is 0.615. The maximum absolute atomic E-state index is 5.26. The molecule has 1 aromatic heterocycles. The lowest BCUT2D eigenvalue weighted by atomic mass is 9.81. The van der Waals surface area contributed by atoms with E-state index in [-0.39, 0.29) is 0 Å². The van der Waals surface area contributed by atoms with E-state index < -0.39 is 0 Å². The van der Waals surface area contributed by atoms with Crippen molar-refractivity contribution in [2.75, 3.05) is 13.1 Å². The molecule has 1 aliphatic carbocycles. The zero-order valence-electron chi connectivity index (χ0n) is 10.1. The molecule has 2 aliphatic rings. The van der Waals surface area contributed by atoms with Crippen molar-refractivity contribution in [3.63, 3.8) is 0 Å². The number of nitrogens with zero attached hydrogens (tertiary/aromatic N) is 1. The minimum absolute atomic E-state index is 0.408. The van der Waals surface area contributed by atoms with E-state index in [0.29, 0.717) is 11.3 Å². The summed E-state index contributed by atoms with van der Waals surface area (Å²) in [5, 5.41) is 7.52. The molecule has 3 nitrogen and oxygen atoms in total. The van der Waals surface area contributed by atoms with E-state index in [9.17, 15) is 0 Å². The number of nitrogens with one attached hydrogen (secondary N) is 1. The highest BCUT2D eigenvalue weighted by Gasteiger charge is 2.43. The highest BCUT2D eigenvalue weighted by atomic mass is 16.5. The van der Waals surface area contributed by atoms with Crippen molar-refractivity contribution in [1.82, 2.24) is 10.5 Å². The first kappa shape index (κ1) is 10.1. The second-order valence-electron chi connectivity index (χ2n) is 5.46. The van der Waals surface area contributed by atoms with Crippen LogP contribution in [-0.4, -0.2) is 18.2 Å². The van der Waals surface area contributed by atoms with Gasteiger partial charge in [-0.05, 0) is 37.2 Å². The average molecular weight is 218 g/mol. The lowest BCUT2D eigenvalue weighted by Crippen LogP contribution is -2.21. The highest BCUT2D eigenvalue weighted by Crippen LogP contribution is 2.48. The van der Waals surface area contributed by atoms with Crippen molar-refractivity contribution < 1.29 is 4.52 Å². The monoisotopic (exact) mass is 218 g/mol. The van der Waals surface area contributed by atoms with Gasteiger partial charge in [0.1, 0.15) is 5.76 Å². The van der Waals surface area contributed by atoms with E-state index in [2.05, 4.69) is 23.5 Å². The molecule has 3 rings (SSSR count). The Morgan fingerprint density at radius 2 is 2.31 bits per heavy atom. The first-order valence-corrected chi connectivity index (χ1v) is 5.95. The summed E-state index contributed by atoms with van der Waals surface area (Å²) < 4.78 is 5.26. The molecule has 0 saturated carbocycles. The van der Waals surface area contributed by atoms with Gasteiger partial charge in [0, 0.05) is 18.7 Å². The van der Waals surface area contributed by atoms with Crippen LogP contribution >= 0.6 is 0 Å². The highest BCUT2D eigenvalue weighted by molar-refractivity contribution is 5.71. The maximum atomic E-state index is 5.26. The summed E-state index contributed by atoms with van der Waals surface area (Å²) in [6.07, 6.45) is 3.57. The van der Waals surface area contributed by atoms with Crippen molar-refractivity contribution >= 4 is 5.57 Å². The molecule has 2 atom stereocenters. The van der Waals surface area contributed by atoms with Crippen LogP contribution in [0.3, 0.4) is 0 Å². The second kappa shape index (κ2) is 3.20. The van der Waals surface area contributed by atoms with Gasteiger partial charge in [-0.15, -0.1) is 0 Å². The standard InChI is InChI=1S/C13H18N2O/c1-8-12(9(2)16-15-8)10-4-11-6-14-7-13(11,3)5-10/h4,11,14H,5-7H2,1-3H3. The predicted molar refractivity (Wildman–Crippen MR) is 63.0 cm³/mol. The summed E-state index contributed by atoms with van der Waals surface area (Å²) >= 11 is 0. The van der Waals surface area contributed by atoms with Crippen molar-refractivity contribution in [1.29, 1.82) is 0 Å². The molecule has 2 unspecified atom stereocenters. The Balaban J connectivity index is 1.99. The van der Waals surface area contributed by atoms with Crippen LogP contribution in [0.1, 0.15) is 30.4 Å². The molecule has 1 fully saturated rings. The van der Waals surface area contributed by atoms with Crippen molar-refractivity contribution in [3.8, 4) is 0 Å². The minimum Gasteiger partial charge on any atom is -0.361 e. The Bertz CT molecular complexity index is 441. The summed E-state index contributed by atoms with van der Waals surface area (Å²) in [5.74, 6) is 1.64. The Kier molecular flexibility index (Phi) is 2.02. The third-order valence-corrected chi connectivity index (χ3v) is 4.14. The Hall–Kier alpha value is -1.09. The lowest BCUT2D eigenvalue weighted by Gasteiger charge is -2.22. The van der Waals surface area contributed by atoms with E-state index in [1.165, 1.54) is 11.1 Å². The van der Waals surface area contributed by atoms with Gasteiger partial charge in [-0.25, -0.2) is 0 Å². The van der Waals surface area contributed by atoms with Crippen LogP contribution in [0.15, 0.2) is 10.6 Å². The molecule has 1 aromatic rings. The lowest BCUT2D eigenvalue weighted by molar-refractivity contribution is 0.330. The van der Waals surface area contributed by atoms with Crippen molar-refractivity contribution in [2.24, 2.45) is 11.3 Å². The zero-order valence-corrected chi connectivity index (χ0v) is 10.1. The van der Waals surface area contributed by atoms with Crippen LogP contribution in [0, 0.1) is 25.2 Å². The van der Waals surface area contributed by atoms with Crippen molar-refractivity contribution in [3.05, 3.63) is 23.1 Å². The Labute approximate surface area is 95.9 Å². The molecular weight excluding hydrogens is 200 g/mol. The number of rotatable bonds is 1. The molecule has 3 heteroatoms. The summed E-state index contributed by atoms with van der Waals surface area (Å²) in [6.45, 7) is 8.65.